The van der Waals surface area contributed by atoms with Crippen LogP contribution in [0.4, 0.5) is 4.39 Å². The highest BCUT2D eigenvalue weighted by atomic mass is 19.1. The van der Waals surface area contributed by atoms with E-state index in [4.69, 9.17) is 9.72 Å². The van der Waals surface area contributed by atoms with Crippen LogP contribution in [0.5, 0.6) is 5.88 Å². The van der Waals surface area contributed by atoms with E-state index in [-0.39, 0.29) is 5.82 Å². The number of piperidine rings is 1. The highest BCUT2D eigenvalue weighted by Gasteiger charge is 2.21. The van der Waals surface area contributed by atoms with Gasteiger partial charge in [0, 0.05) is 28.6 Å². The third-order valence-corrected chi connectivity index (χ3v) is 5.33. The van der Waals surface area contributed by atoms with Crippen LogP contribution in [0.15, 0.2) is 48.7 Å². The molecular formula is C22H24FN3O. The Kier molecular flexibility index (Phi) is 5.30. The van der Waals surface area contributed by atoms with Crippen LogP contribution in [-0.4, -0.2) is 34.5 Å². The van der Waals surface area contributed by atoms with Crippen molar-refractivity contribution in [3.63, 3.8) is 0 Å². The van der Waals surface area contributed by atoms with Gasteiger partial charge in [-0.05, 0) is 44.6 Å². The molecule has 0 amide bonds. The number of pyridine rings is 2. The summed E-state index contributed by atoms with van der Waals surface area (Å²) in [5.41, 5.74) is 2.80. The number of nitrogens with zero attached hydrogens (tertiary/aromatic N) is 3. The zero-order valence-electron chi connectivity index (χ0n) is 15.6. The number of para-hydroxylation sites is 1. The molecule has 1 aromatic carbocycles. The zero-order chi connectivity index (χ0) is 18.6. The molecule has 3 aromatic rings. The lowest BCUT2D eigenvalue weighted by Crippen LogP contribution is -2.32. The zero-order valence-corrected chi connectivity index (χ0v) is 15.6. The van der Waals surface area contributed by atoms with Gasteiger partial charge in [-0.15, -0.1) is 0 Å². The molecule has 0 spiro atoms. The maximum absolute atomic E-state index is 13.4. The van der Waals surface area contributed by atoms with E-state index in [2.05, 4.69) is 22.9 Å². The number of hydrogen-bond donors (Lipinski definition) is 0. The number of ether oxygens (including phenoxy) is 1. The van der Waals surface area contributed by atoms with Gasteiger partial charge in [0.15, 0.2) is 0 Å². The van der Waals surface area contributed by atoms with Gasteiger partial charge in [0.1, 0.15) is 12.4 Å². The molecule has 1 aliphatic heterocycles. The summed E-state index contributed by atoms with van der Waals surface area (Å²) in [6.45, 7) is 5.95. The molecule has 5 heteroatoms. The van der Waals surface area contributed by atoms with Crippen molar-refractivity contribution >= 4 is 10.9 Å². The van der Waals surface area contributed by atoms with E-state index in [1.807, 2.05) is 30.3 Å². The summed E-state index contributed by atoms with van der Waals surface area (Å²) in [4.78, 5) is 11.4. The molecule has 0 atom stereocenters. The van der Waals surface area contributed by atoms with E-state index in [1.165, 1.54) is 12.3 Å². The largest absolute Gasteiger partial charge is 0.473 e. The predicted molar refractivity (Wildman–Crippen MR) is 104 cm³/mol. The molecule has 4 rings (SSSR count). The smallest absolute Gasteiger partial charge is 0.213 e. The molecule has 27 heavy (non-hydrogen) atoms. The van der Waals surface area contributed by atoms with E-state index >= 15 is 0 Å². The molecule has 0 unspecified atom stereocenters. The van der Waals surface area contributed by atoms with E-state index in [0.717, 1.165) is 54.6 Å². The fraction of sp³-hybridized carbons (Fsp3) is 0.364. The summed E-state index contributed by atoms with van der Waals surface area (Å²) in [5.74, 6) is 0.798. The molecule has 0 radical (unpaired) electrons. The van der Waals surface area contributed by atoms with Gasteiger partial charge >= 0.3 is 0 Å². The Labute approximate surface area is 159 Å². The minimum absolute atomic E-state index is 0.330. The van der Waals surface area contributed by atoms with Gasteiger partial charge in [0.2, 0.25) is 5.88 Å². The fourth-order valence-electron chi connectivity index (χ4n) is 3.75. The summed E-state index contributed by atoms with van der Waals surface area (Å²) in [7, 11) is 0. The second-order valence-corrected chi connectivity index (χ2v) is 7.04. The van der Waals surface area contributed by atoms with E-state index < -0.39 is 0 Å². The average molecular weight is 365 g/mol. The summed E-state index contributed by atoms with van der Waals surface area (Å²) in [5, 5.41) is 0.778. The van der Waals surface area contributed by atoms with Crippen molar-refractivity contribution in [3.8, 4) is 5.88 Å². The Morgan fingerprint density at radius 2 is 1.96 bits per heavy atom. The van der Waals surface area contributed by atoms with Gasteiger partial charge < -0.3 is 9.64 Å². The predicted octanol–water partition coefficient (Wildman–Crippen LogP) is 4.55. The van der Waals surface area contributed by atoms with Crippen LogP contribution in [-0.2, 0) is 6.61 Å². The maximum Gasteiger partial charge on any atom is 0.213 e. The first-order chi connectivity index (χ1) is 13.2. The van der Waals surface area contributed by atoms with Gasteiger partial charge in [0.05, 0.1) is 11.7 Å². The van der Waals surface area contributed by atoms with Crippen LogP contribution < -0.4 is 4.74 Å². The Hall–Kier alpha value is -2.53. The topological polar surface area (TPSA) is 38.2 Å². The van der Waals surface area contributed by atoms with Gasteiger partial charge in [-0.3, -0.25) is 4.98 Å². The molecule has 0 saturated carbocycles. The quantitative estimate of drug-likeness (QED) is 0.665. The van der Waals surface area contributed by atoms with E-state index in [9.17, 15) is 4.39 Å². The molecule has 4 nitrogen and oxygen atoms in total. The lowest BCUT2D eigenvalue weighted by atomic mass is 9.93. The molecule has 3 heterocycles. The van der Waals surface area contributed by atoms with Gasteiger partial charge in [-0.25, -0.2) is 9.37 Å². The Balaban J connectivity index is 1.46. The number of rotatable bonds is 5. The van der Waals surface area contributed by atoms with Gasteiger partial charge in [0.25, 0.3) is 0 Å². The molecule has 1 saturated heterocycles. The van der Waals surface area contributed by atoms with Crippen molar-refractivity contribution < 1.29 is 9.13 Å². The first kappa shape index (κ1) is 17.9. The number of hydrogen-bond acceptors (Lipinski definition) is 4. The van der Waals surface area contributed by atoms with Crippen molar-refractivity contribution in [2.45, 2.75) is 32.3 Å². The van der Waals surface area contributed by atoms with Crippen LogP contribution in [0.1, 0.15) is 36.9 Å². The first-order valence-corrected chi connectivity index (χ1v) is 9.58. The number of likely N-dealkylation sites (tertiary alicyclic amines) is 1. The maximum atomic E-state index is 13.4. The summed E-state index contributed by atoms with van der Waals surface area (Å²) in [6, 6.07) is 13.2. The Bertz CT molecular complexity index is 922. The van der Waals surface area contributed by atoms with Crippen LogP contribution in [0.25, 0.3) is 10.9 Å². The second-order valence-electron chi connectivity index (χ2n) is 7.04. The summed E-state index contributed by atoms with van der Waals surface area (Å²) >= 11 is 0. The molecule has 2 aromatic heterocycles. The van der Waals surface area contributed by atoms with Crippen molar-refractivity contribution in [1.29, 1.82) is 0 Å². The summed E-state index contributed by atoms with van der Waals surface area (Å²) < 4.78 is 19.3. The molecule has 1 fully saturated rings. The normalized spacial score (nSPS) is 15.9. The van der Waals surface area contributed by atoms with E-state index in [1.54, 1.807) is 0 Å². The van der Waals surface area contributed by atoms with Crippen LogP contribution >= 0.6 is 0 Å². The van der Waals surface area contributed by atoms with Crippen molar-refractivity contribution in [2.24, 2.45) is 0 Å². The standard InChI is InChI=1S/C22H24FN3O/c1-2-26-11-9-16(10-12-26)20-7-4-8-21(25-20)27-15-18-6-3-5-17-13-19(23)14-24-22(17)18/h3-8,13-14,16H,2,9-12,15H2,1H3. The second kappa shape index (κ2) is 8.01. The SMILES string of the molecule is CCN1CCC(c2cccc(OCc3cccc4cc(F)cnc34)n2)CC1. The third kappa shape index (κ3) is 4.08. The van der Waals surface area contributed by atoms with Crippen molar-refractivity contribution in [2.75, 3.05) is 19.6 Å². The first-order valence-electron chi connectivity index (χ1n) is 9.58. The average Bonchev–Trinajstić information content (AvgIpc) is 2.72. The van der Waals surface area contributed by atoms with Crippen LogP contribution in [0, 0.1) is 5.82 Å². The fourth-order valence-corrected chi connectivity index (χ4v) is 3.75. The van der Waals surface area contributed by atoms with Crippen LogP contribution in [0.3, 0.4) is 0 Å². The molecule has 0 N–H and O–H groups in total. The highest BCUT2D eigenvalue weighted by Crippen LogP contribution is 2.28. The van der Waals surface area contributed by atoms with Crippen LogP contribution in [0.2, 0.25) is 0 Å². The molecule has 140 valence electrons. The molecule has 0 aliphatic carbocycles. The molecule has 0 bridgehead atoms. The number of benzene rings is 1. The van der Waals surface area contributed by atoms with Crippen molar-refractivity contribution in [1.82, 2.24) is 14.9 Å². The minimum Gasteiger partial charge on any atom is -0.473 e. The minimum atomic E-state index is -0.330. The summed E-state index contributed by atoms with van der Waals surface area (Å²) in [6.07, 6.45) is 3.53. The number of fused-ring (bicyclic) bond motifs is 1. The van der Waals surface area contributed by atoms with Gasteiger partial charge in [-0.1, -0.05) is 31.2 Å². The molecular weight excluding hydrogens is 341 g/mol. The monoisotopic (exact) mass is 365 g/mol. The highest BCUT2D eigenvalue weighted by molar-refractivity contribution is 5.81. The Morgan fingerprint density at radius 1 is 1.15 bits per heavy atom. The lowest BCUT2D eigenvalue weighted by Gasteiger charge is -2.30. The molecule has 1 aliphatic rings. The van der Waals surface area contributed by atoms with Crippen molar-refractivity contribution in [3.05, 3.63) is 65.7 Å². The lowest BCUT2D eigenvalue weighted by molar-refractivity contribution is 0.219. The Morgan fingerprint density at radius 3 is 2.78 bits per heavy atom. The third-order valence-electron chi connectivity index (χ3n) is 5.33. The van der Waals surface area contributed by atoms with Gasteiger partial charge in [-0.2, -0.15) is 0 Å². The van der Waals surface area contributed by atoms with E-state index in [0.29, 0.717) is 18.4 Å². The number of halogens is 1. The number of aromatic nitrogens is 2.